The van der Waals surface area contributed by atoms with Gasteiger partial charge in [0.2, 0.25) is 0 Å². The molecule has 0 saturated carbocycles. The summed E-state index contributed by atoms with van der Waals surface area (Å²) in [6, 6.07) is 14.3. The zero-order valence-electron chi connectivity index (χ0n) is 16.9. The van der Waals surface area contributed by atoms with Crippen LogP contribution >= 0.6 is 0 Å². The number of benzene rings is 1. The van der Waals surface area contributed by atoms with Crippen molar-refractivity contribution in [1.82, 2.24) is 14.9 Å². The Morgan fingerprint density at radius 2 is 1.93 bits per heavy atom. The molecule has 3 rings (SSSR count). The van der Waals surface area contributed by atoms with Crippen LogP contribution in [0.2, 0.25) is 0 Å². The van der Waals surface area contributed by atoms with E-state index in [1.54, 1.807) is 6.20 Å². The van der Waals surface area contributed by atoms with Gasteiger partial charge in [0.05, 0.1) is 5.56 Å². The van der Waals surface area contributed by atoms with Crippen LogP contribution in [-0.4, -0.2) is 21.0 Å². The van der Waals surface area contributed by atoms with E-state index in [1.165, 1.54) is 5.56 Å². The molecule has 1 unspecified atom stereocenters. The number of rotatable bonds is 6. The Morgan fingerprint density at radius 1 is 1.22 bits per heavy atom. The molecule has 1 atom stereocenters. The first-order valence-corrected chi connectivity index (χ1v) is 9.56. The molecule has 3 aromatic rings. The van der Waals surface area contributed by atoms with Crippen LogP contribution in [0.1, 0.15) is 48.8 Å². The molecule has 27 heavy (non-hydrogen) atoms. The maximum absolute atomic E-state index is 13.0. The lowest BCUT2D eigenvalue weighted by atomic mass is 9.84. The van der Waals surface area contributed by atoms with Crippen LogP contribution in [-0.2, 0) is 13.5 Å². The van der Waals surface area contributed by atoms with Gasteiger partial charge in [-0.3, -0.25) is 4.79 Å². The lowest BCUT2D eigenvalue weighted by molar-refractivity contribution is 0.0894. The Hall–Kier alpha value is -2.62. The highest BCUT2D eigenvalue weighted by Gasteiger charge is 2.28. The van der Waals surface area contributed by atoms with Crippen LogP contribution in [0.5, 0.6) is 0 Å². The molecule has 2 aromatic heterocycles. The first kappa shape index (κ1) is 19.2. The molecule has 0 bridgehead atoms. The molecule has 4 heteroatoms. The predicted octanol–water partition coefficient (Wildman–Crippen LogP) is 4.66. The number of amides is 1. The van der Waals surface area contributed by atoms with E-state index >= 15 is 0 Å². The van der Waals surface area contributed by atoms with Crippen molar-refractivity contribution in [1.29, 1.82) is 0 Å². The van der Waals surface area contributed by atoms with Gasteiger partial charge in [0.15, 0.2) is 0 Å². The summed E-state index contributed by atoms with van der Waals surface area (Å²) in [5.74, 6) is 0.418. The first-order valence-electron chi connectivity index (χ1n) is 9.56. The topological polar surface area (TPSA) is 46.9 Å². The Labute approximate surface area is 161 Å². The van der Waals surface area contributed by atoms with Crippen LogP contribution in [0, 0.1) is 12.8 Å². The van der Waals surface area contributed by atoms with Crippen molar-refractivity contribution in [2.45, 2.75) is 46.1 Å². The molecule has 0 fully saturated rings. The molecule has 0 aliphatic heterocycles. The lowest BCUT2D eigenvalue weighted by Gasteiger charge is -2.33. The maximum atomic E-state index is 13.0. The average molecular weight is 364 g/mol. The van der Waals surface area contributed by atoms with Crippen molar-refractivity contribution >= 4 is 16.9 Å². The molecule has 2 heterocycles. The second kappa shape index (κ2) is 7.55. The largest absolute Gasteiger partial charge is 0.346 e. The molecular weight excluding hydrogens is 334 g/mol. The maximum Gasteiger partial charge on any atom is 0.253 e. The summed E-state index contributed by atoms with van der Waals surface area (Å²) in [6.45, 7) is 8.56. The van der Waals surface area contributed by atoms with Crippen LogP contribution in [0.3, 0.4) is 0 Å². The van der Waals surface area contributed by atoms with Crippen LogP contribution in [0.4, 0.5) is 0 Å². The predicted molar refractivity (Wildman–Crippen MR) is 111 cm³/mol. The van der Waals surface area contributed by atoms with E-state index in [0.29, 0.717) is 11.5 Å². The SMILES string of the molecule is Cc1cc2cc(C(=O)NC(C)(Cc3ccccc3)CC(C)C)cnc2n1C. The highest BCUT2D eigenvalue weighted by Crippen LogP contribution is 2.23. The number of pyridine rings is 1. The molecule has 142 valence electrons. The summed E-state index contributed by atoms with van der Waals surface area (Å²) in [5.41, 5.74) is 3.56. The van der Waals surface area contributed by atoms with Crippen LogP contribution in [0.15, 0.2) is 48.7 Å². The molecule has 1 amide bonds. The number of hydrogen-bond acceptors (Lipinski definition) is 2. The van der Waals surface area contributed by atoms with Crippen molar-refractivity contribution in [3.63, 3.8) is 0 Å². The van der Waals surface area contributed by atoms with Crippen molar-refractivity contribution in [2.75, 3.05) is 0 Å². The normalized spacial score (nSPS) is 13.7. The molecule has 0 aliphatic rings. The summed E-state index contributed by atoms with van der Waals surface area (Å²) < 4.78 is 2.04. The fourth-order valence-electron chi connectivity index (χ4n) is 3.94. The van der Waals surface area contributed by atoms with E-state index in [0.717, 1.165) is 29.6 Å². The fourth-order valence-corrected chi connectivity index (χ4v) is 3.94. The number of fused-ring (bicyclic) bond motifs is 1. The second-order valence-corrected chi connectivity index (χ2v) is 8.26. The average Bonchev–Trinajstić information content (AvgIpc) is 2.88. The quantitative estimate of drug-likeness (QED) is 0.692. The molecule has 4 nitrogen and oxygen atoms in total. The van der Waals surface area contributed by atoms with E-state index < -0.39 is 0 Å². The van der Waals surface area contributed by atoms with E-state index in [-0.39, 0.29) is 11.4 Å². The third-order valence-corrected chi connectivity index (χ3v) is 5.08. The Kier molecular flexibility index (Phi) is 5.36. The number of carbonyl (C=O) groups excluding carboxylic acids is 1. The molecule has 1 aromatic carbocycles. The molecule has 1 N–H and O–H groups in total. The molecule has 0 radical (unpaired) electrons. The van der Waals surface area contributed by atoms with Gasteiger partial charge in [-0.25, -0.2) is 4.98 Å². The number of hydrogen-bond donors (Lipinski definition) is 1. The second-order valence-electron chi connectivity index (χ2n) is 8.26. The molecule has 0 aliphatic carbocycles. The Balaban J connectivity index is 1.85. The van der Waals surface area contributed by atoms with E-state index in [2.05, 4.69) is 49.3 Å². The van der Waals surface area contributed by atoms with E-state index in [1.807, 2.05) is 42.8 Å². The van der Waals surface area contributed by atoms with Crippen molar-refractivity contribution in [3.05, 3.63) is 65.5 Å². The number of aryl methyl sites for hydroxylation is 2. The first-order chi connectivity index (χ1) is 12.8. The third-order valence-electron chi connectivity index (χ3n) is 5.08. The lowest BCUT2D eigenvalue weighted by Crippen LogP contribution is -2.48. The van der Waals surface area contributed by atoms with Gasteiger partial charge >= 0.3 is 0 Å². The summed E-state index contributed by atoms with van der Waals surface area (Å²) in [5, 5.41) is 4.29. The third kappa shape index (κ3) is 4.38. The minimum Gasteiger partial charge on any atom is -0.346 e. The summed E-state index contributed by atoms with van der Waals surface area (Å²) in [7, 11) is 1.99. The van der Waals surface area contributed by atoms with Crippen LogP contribution < -0.4 is 5.32 Å². The minimum atomic E-state index is -0.311. The van der Waals surface area contributed by atoms with Gasteiger partial charge in [-0.1, -0.05) is 44.2 Å². The Bertz CT molecular complexity index is 943. The molecular formula is C23H29N3O. The van der Waals surface area contributed by atoms with Gasteiger partial charge < -0.3 is 9.88 Å². The molecule has 0 spiro atoms. The van der Waals surface area contributed by atoms with E-state index in [9.17, 15) is 4.79 Å². The van der Waals surface area contributed by atoms with Crippen molar-refractivity contribution in [3.8, 4) is 0 Å². The zero-order chi connectivity index (χ0) is 19.6. The highest BCUT2D eigenvalue weighted by molar-refractivity contribution is 5.97. The van der Waals surface area contributed by atoms with Gasteiger partial charge in [0.1, 0.15) is 5.65 Å². The van der Waals surface area contributed by atoms with Crippen LogP contribution in [0.25, 0.3) is 11.0 Å². The zero-order valence-corrected chi connectivity index (χ0v) is 16.9. The number of aromatic nitrogens is 2. The fraction of sp³-hybridized carbons (Fsp3) is 0.391. The summed E-state index contributed by atoms with van der Waals surface area (Å²) in [6.07, 6.45) is 3.39. The Morgan fingerprint density at radius 3 is 2.59 bits per heavy atom. The standard InChI is InChI=1S/C23H29N3O/c1-16(2)13-23(4,14-18-9-7-6-8-10-18)25-22(27)20-12-19-11-17(3)26(5)21(19)24-15-20/h6-12,15-16H,13-14H2,1-5H3,(H,25,27). The summed E-state index contributed by atoms with van der Waals surface area (Å²) >= 11 is 0. The summed E-state index contributed by atoms with van der Waals surface area (Å²) in [4.78, 5) is 17.5. The van der Waals surface area contributed by atoms with Gasteiger partial charge in [0, 0.05) is 29.9 Å². The highest BCUT2D eigenvalue weighted by atomic mass is 16.1. The van der Waals surface area contributed by atoms with E-state index in [4.69, 9.17) is 0 Å². The number of nitrogens with zero attached hydrogens (tertiary/aromatic N) is 2. The van der Waals surface area contributed by atoms with Crippen molar-refractivity contribution < 1.29 is 4.79 Å². The smallest absolute Gasteiger partial charge is 0.253 e. The van der Waals surface area contributed by atoms with Gasteiger partial charge in [-0.05, 0) is 50.3 Å². The minimum absolute atomic E-state index is 0.0648. The monoisotopic (exact) mass is 363 g/mol. The molecule has 0 saturated heterocycles. The van der Waals surface area contributed by atoms with Gasteiger partial charge in [-0.15, -0.1) is 0 Å². The number of carbonyl (C=O) groups is 1. The van der Waals surface area contributed by atoms with Crippen molar-refractivity contribution in [2.24, 2.45) is 13.0 Å². The van der Waals surface area contributed by atoms with Gasteiger partial charge in [-0.2, -0.15) is 0 Å². The van der Waals surface area contributed by atoms with Gasteiger partial charge in [0.25, 0.3) is 5.91 Å². The number of nitrogens with one attached hydrogen (secondary N) is 1.